The molecule has 1 saturated heterocycles. The Bertz CT molecular complexity index is 459. The van der Waals surface area contributed by atoms with Gasteiger partial charge in [-0.2, -0.15) is 0 Å². The zero-order valence-corrected chi connectivity index (χ0v) is 10.7. The standard InChI is InChI=1S/C11H15BNO4S/c14-18(15,11-6-8-13-9-7-11)17-12-16-10-4-2-1-3-5-10/h1-5,11,13H,6-9H2. The van der Waals surface area contributed by atoms with Crippen LogP contribution in [-0.4, -0.2) is 34.4 Å². The van der Waals surface area contributed by atoms with Crippen LogP contribution in [0.15, 0.2) is 30.3 Å². The van der Waals surface area contributed by atoms with Gasteiger partial charge in [-0.25, -0.2) is 8.42 Å². The summed E-state index contributed by atoms with van der Waals surface area (Å²) in [5.41, 5.74) is 0. The fraction of sp³-hybridized carbons (Fsp3) is 0.455. The predicted octanol–water partition coefficient (Wildman–Crippen LogP) is 0.698. The second-order valence-electron chi connectivity index (χ2n) is 4.07. The van der Waals surface area contributed by atoms with Crippen LogP contribution in [0.4, 0.5) is 0 Å². The minimum atomic E-state index is -3.57. The second-order valence-corrected chi connectivity index (χ2v) is 5.91. The van der Waals surface area contributed by atoms with E-state index in [1.54, 1.807) is 24.3 Å². The lowest BCUT2D eigenvalue weighted by molar-refractivity contribution is 0.411. The molecule has 1 N–H and O–H groups in total. The van der Waals surface area contributed by atoms with Gasteiger partial charge in [-0.3, -0.25) is 4.10 Å². The van der Waals surface area contributed by atoms with Gasteiger partial charge in [-0.05, 0) is 38.1 Å². The van der Waals surface area contributed by atoms with Gasteiger partial charge in [-0.1, -0.05) is 18.2 Å². The maximum absolute atomic E-state index is 11.8. The fourth-order valence-corrected chi connectivity index (χ4v) is 2.91. The molecule has 18 heavy (non-hydrogen) atoms. The quantitative estimate of drug-likeness (QED) is 0.796. The van der Waals surface area contributed by atoms with E-state index < -0.39 is 15.4 Å². The van der Waals surface area contributed by atoms with Crippen molar-refractivity contribution in [1.29, 1.82) is 0 Å². The van der Waals surface area contributed by atoms with Gasteiger partial charge in [0.2, 0.25) is 0 Å². The summed E-state index contributed by atoms with van der Waals surface area (Å²) in [5.74, 6) is 0.540. The molecule has 7 heteroatoms. The first-order chi connectivity index (χ1) is 8.68. The molecule has 0 spiro atoms. The van der Waals surface area contributed by atoms with Crippen LogP contribution >= 0.6 is 0 Å². The Hall–Kier alpha value is -1.05. The molecule has 1 aliphatic heterocycles. The van der Waals surface area contributed by atoms with E-state index in [0.29, 0.717) is 31.7 Å². The summed E-state index contributed by atoms with van der Waals surface area (Å²) in [6.45, 7) is 1.40. The van der Waals surface area contributed by atoms with E-state index in [1.165, 1.54) is 0 Å². The van der Waals surface area contributed by atoms with Gasteiger partial charge in [-0.15, -0.1) is 0 Å². The molecule has 2 rings (SSSR count). The highest BCUT2D eigenvalue weighted by molar-refractivity contribution is 7.88. The molecule has 0 atom stereocenters. The molecule has 0 amide bonds. The largest absolute Gasteiger partial charge is 0.588 e. The lowest BCUT2D eigenvalue weighted by Gasteiger charge is -2.21. The summed E-state index contributed by atoms with van der Waals surface area (Å²) in [4.78, 5) is 0. The monoisotopic (exact) mass is 268 g/mol. The number of rotatable bonds is 5. The summed E-state index contributed by atoms with van der Waals surface area (Å²) >= 11 is 0. The minimum absolute atomic E-state index is 0.450. The van der Waals surface area contributed by atoms with Crippen molar-refractivity contribution in [3.63, 3.8) is 0 Å². The molecule has 1 aromatic carbocycles. The van der Waals surface area contributed by atoms with E-state index in [1.807, 2.05) is 6.07 Å². The maximum atomic E-state index is 11.8. The van der Waals surface area contributed by atoms with Gasteiger partial charge in [0.25, 0.3) is 10.1 Å². The molecule has 1 radical (unpaired) electrons. The Morgan fingerprint density at radius 1 is 1.17 bits per heavy atom. The molecule has 0 unspecified atom stereocenters. The molecule has 5 nitrogen and oxygen atoms in total. The Morgan fingerprint density at radius 2 is 1.83 bits per heavy atom. The first-order valence-electron chi connectivity index (χ1n) is 5.85. The number of hydrogen-bond donors (Lipinski definition) is 1. The average Bonchev–Trinajstić information content (AvgIpc) is 2.41. The molecule has 1 aromatic rings. The number of piperidine rings is 1. The zero-order chi connectivity index (χ0) is 12.8. The SMILES string of the molecule is O=S(=O)(O[B]Oc1ccccc1)C1CCNCC1. The Balaban J connectivity index is 1.82. The van der Waals surface area contributed by atoms with Crippen LogP contribution in [-0.2, 0) is 14.2 Å². The molecule has 97 valence electrons. The number of para-hydroxylation sites is 1. The fourth-order valence-electron chi connectivity index (χ4n) is 1.79. The Labute approximate surface area is 108 Å². The highest BCUT2D eigenvalue weighted by Crippen LogP contribution is 2.15. The summed E-state index contributed by atoms with van der Waals surface area (Å²) in [6.07, 6.45) is 1.14. The third-order valence-electron chi connectivity index (χ3n) is 2.80. The average molecular weight is 268 g/mol. The molecule has 0 aromatic heterocycles. The number of nitrogens with one attached hydrogen (secondary N) is 1. The van der Waals surface area contributed by atoms with E-state index in [0.717, 1.165) is 7.69 Å². The van der Waals surface area contributed by atoms with Gasteiger partial charge in [0, 0.05) is 0 Å². The van der Waals surface area contributed by atoms with Crippen LogP contribution < -0.4 is 9.97 Å². The van der Waals surface area contributed by atoms with Crippen LogP contribution in [0.2, 0.25) is 0 Å². The topological polar surface area (TPSA) is 64.6 Å². The number of hydrogen-bond acceptors (Lipinski definition) is 5. The van der Waals surface area contributed by atoms with Crippen LogP contribution in [0, 0.1) is 0 Å². The summed E-state index contributed by atoms with van der Waals surface area (Å²) in [6, 6.07) is 8.88. The lowest BCUT2D eigenvalue weighted by Crippen LogP contribution is -2.37. The predicted molar refractivity (Wildman–Crippen MR) is 68.7 cm³/mol. The normalized spacial score (nSPS) is 17.3. The van der Waals surface area contributed by atoms with Crippen LogP contribution in [0.3, 0.4) is 0 Å². The van der Waals surface area contributed by atoms with Crippen molar-refractivity contribution in [1.82, 2.24) is 5.32 Å². The van der Waals surface area contributed by atoms with Crippen LogP contribution in [0.25, 0.3) is 0 Å². The van der Waals surface area contributed by atoms with Crippen LogP contribution in [0.1, 0.15) is 12.8 Å². The summed E-state index contributed by atoms with van der Waals surface area (Å²) < 4.78 is 33.5. The minimum Gasteiger partial charge on any atom is -0.537 e. The van der Waals surface area contributed by atoms with Crippen molar-refractivity contribution in [3.8, 4) is 5.75 Å². The highest BCUT2D eigenvalue weighted by Gasteiger charge is 2.28. The Morgan fingerprint density at radius 3 is 2.50 bits per heavy atom. The first-order valence-corrected chi connectivity index (χ1v) is 7.32. The van der Waals surface area contributed by atoms with E-state index in [2.05, 4.69) is 5.32 Å². The molecule has 1 aliphatic rings. The Kier molecular flexibility index (Phi) is 4.63. The molecule has 1 heterocycles. The third kappa shape index (κ3) is 3.73. The van der Waals surface area contributed by atoms with E-state index in [9.17, 15) is 8.42 Å². The maximum Gasteiger partial charge on any atom is 0.588 e. The lowest BCUT2D eigenvalue weighted by atomic mass is 10.2. The smallest absolute Gasteiger partial charge is 0.537 e. The second kappa shape index (κ2) is 6.22. The molecule has 0 saturated carbocycles. The van der Waals surface area contributed by atoms with E-state index >= 15 is 0 Å². The number of benzene rings is 1. The molecular formula is C11H15BNO4S. The summed E-state index contributed by atoms with van der Waals surface area (Å²) in [5, 5.41) is 2.66. The molecule has 0 aliphatic carbocycles. The van der Waals surface area contributed by atoms with Gasteiger partial charge in [0.05, 0.1) is 11.0 Å². The molecule has 1 fully saturated rings. The highest BCUT2D eigenvalue weighted by atomic mass is 32.2. The van der Waals surface area contributed by atoms with Crippen molar-refractivity contribution in [2.75, 3.05) is 13.1 Å². The van der Waals surface area contributed by atoms with Crippen LogP contribution in [0.5, 0.6) is 5.75 Å². The first kappa shape index (κ1) is 13.4. The van der Waals surface area contributed by atoms with Gasteiger partial charge in [0.15, 0.2) is 0 Å². The molecular weight excluding hydrogens is 253 g/mol. The third-order valence-corrected chi connectivity index (χ3v) is 4.43. The van der Waals surface area contributed by atoms with Gasteiger partial charge in [0.1, 0.15) is 0 Å². The van der Waals surface area contributed by atoms with Crippen molar-refractivity contribution >= 4 is 17.8 Å². The van der Waals surface area contributed by atoms with Crippen molar-refractivity contribution in [2.24, 2.45) is 0 Å². The van der Waals surface area contributed by atoms with Gasteiger partial charge < -0.3 is 9.97 Å². The molecule has 0 bridgehead atoms. The van der Waals surface area contributed by atoms with Crippen molar-refractivity contribution in [3.05, 3.63) is 30.3 Å². The van der Waals surface area contributed by atoms with E-state index in [4.69, 9.17) is 8.75 Å². The summed E-state index contributed by atoms with van der Waals surface area (Å²) in [7, 11) is -2.69. The van der Waals surface area contributed by atoms with Crippen molar-refractivity contribution in [2.45, 2.75) is 18.1 Å². The zero-order valence-electron chi connectivity index (χ0n) is 9.91. The van der Waals surface area contributed by atoms with Crippen molar-refractivity contribution < 1.29 is 17.2 Å². The van der Waals surface area contributed by atoms with E-state index in [-0.39, 0.29) is 0 Å². The van der Waals surface area contributed by atoms with Gasteiger partial charge >= 0.3 is 7.69 Å².